The Morgan fingerprint density at radius 1 is 1.44 bits per heavy atom. The van der Waals surface area contributed by atoms with Crippen molar-refractivity contribution in [3.05, 3.63) is 12.2 Å². The van der Waals surface area contributed by atoms with Crippen molar-refractivity contribution in [2.24, 2.45) is 5.92 Å². The van der Waals surface area contributed by atoms with E-state index in [1.807, 2.05) is 7.11 Å². The lowest BCUT2D eigenvalue weighted by atomic mass is 9.95. The summed E-state index contributed by atoms with van der Waals surface area (Å²) < 4.78 is 5.54. The molecule has 3 nitrogen and oxygen atoms in total. The molecule has 0 radical (unpaired) electrons. The van der Waals surface area contributed by atoms with Gasteiger partial charge in [-0.25, -0.2) is 0 Å². The van der Waals surface area contributed by atoms with E-state index in [0.29, 0.717) is 12.0 Å². The van der Waals surface area contributed by atoms with Gasteiger partial charge in [-0.2, -0.15) is 0 Å². The van der Waals surface area contributed by atoms with Crippen molar-refractivity contribution in [2.75, 3.05) is 33.3 Å². The maximum absolute atomic E-state index is 5.54. The first-order valence-corrected chi connectivity index (χ1v) is 6.98. The predicted octanol–water partition coefficient (Wildman–Crippen LogP) is 2.29. The van der Waals surface area contributed by atoms with Crippen molar-refractivity contribution >= 4 is 0 Å². The molecule has 1 rings (SSSR count). The lowest BCUT2D eigenvalue weighted by Gasteiger charge is -2.36. The number of hydrogen-bond donors (Lipinski definition) is 1. The molecule has 1 heterocycles. The summed E-state index contributed by atoms with van der Waals surface area (Å²) in [6.45, 7) is 17.1. The second-order valence-corrected chi connectivity index (χ2v) is 6.63. The summed E-state index contributed by atoms with van der Waals surface area (Å²) in [4.78, 5) is 2.46. The van der Waals surface area contributed by atoms with Crippen LogP contribution in [0.3, 0.4) is 0 Å². The Morgan fingerprint density at radius 3 is 2.67 bits per heavy atom. The molecule has 0 bridgehead atoms. The van der Waals surface area contributed by atoms with Gasteiger partial charge >= 0.3 is 0 Å². The minimum absolute atomic E-state index is 0.161. The number of piperidine rings is 1. The van der Waals surface area contributed by atoms with Gasteiger partial charge in [0.2, 0.25) is 0 Å². The van der Waals surface area contributed by atoms with Gasteiger partial charge in [0.25, 0.3) is 0 Å². The number of hydrogen-bond acceptors (Lipinski definition) is 3. The molecule has 0 aromatic rings. The predicted molar refractivity (Wildman–Crippen MR) is 77.9 cm³/mol. The molecule has 0 saturated carbocycles. The highest BCUT2D eigenvalue weighted by molar-refractivity contribution is 5.02. The summed E-state index contributed by atoms with van der Waals surface area (Å²) in [5, 5.41) is 3.49. The third kappa shape index (κ3) is 5.51. The molecule has 106 valence electrons. The summed E-state index contributed by atoms with van der Waals surface area (Å²) >= 11 is 0. The van der Waals surface area contributed by atoms with E-state index in [0.717, 1.165) is 26.2 Å². The summed E-state index contributed by atoms with van der Waals surface area (Å²) in [5.41, 5.74) is 1.42. The highest BCUT2D eigenvalue weighted by atomic mass is 16.5. The number of likely N-dealkylation sites (tertiary alicyclic amines) is 1. The molecule has 2 unspecified atom stereocenters. The van der Waals surface area contributed by atoms with Crippen LogP contribution in [0.1, 0.15) is 34.1 Å². The van der Waals surface area contributed by atoms with Crippen LogP contribution >= 0.6 is 0 Å². The number of methoxy groups -OCH3 is 1. The van der Waals surface area contributed by atoms with E-state index in [2.05, 4.69) is 44.5 Å². The van der Waals surface area contributed by atoms with E-state index in [4.69, 9.17) is 4.74 Å². The molecular weight excluding hydrogens is 224 g/mol. The molecule has 0 aromatic carbocycles. The highest BCUT2D eigenvalue weighted by Crippen LogP contribution is 2.19. The van der Waals surface area contributed by atoms with E-state index in [1.54, 1.807) is 0 Å². The fourth-order valence-electron chi connectivity index (χ4n) is 2.31. The average Bonchev–Trinajstić information content (AvgIpc) is 2.28. The number of nitrogens with zero attached hydrogens (tertiary/aromatic N) is 1. The molecule has 0 aromatic heterocycles. The Balaban J connectivity index is 2.32. The molecule has 1 saturated heterocycles. The first-order valence-electron chi connectivity index (χ1n) is 6.98. The molecule has 1 fully saturated rings. The molecule has 0 amide bonds. The van der Waals surface area contributed by atoms with Crippen molar-refractivity contribution < 1.29 is 4.74 Å². The van der Waals surface area contributed by atoms with Crippen LogP contribution in [0.15, 0.2) is 12.2 Å². The van der Waals surface area contributed by atoms with Gasteiger partial charge in [-0.15, -0.1) is 0 Å². The van der Waals surface area contributed by atoms with Crippen molar-refractivity contribution in [1.82, 2.24) is 10.2 Å². The Hall–Kier alpha value is -0.380. The fourth-order valence-corrected chi connectivity index (χ4v) is 2.31. The first kappa shape index (κ1) is 15.7. The standard InChI is InChI=1S/C15H30N2O/c1-12(9-16-15(3,4)5)10-17-8-7-13(2)14(11-17)18-6/h13-14,16H,1,7-11H2,2-6H3. The fraction of sp³-hybridized carbons (Fsp3) is 0.867. The molecule has 2 atom stereocenters. The highest BCUT2D eigenvalue weighted by Gasteiger charge is 2.26. The number of ether oxygens (including phenoxy) is 1. The molecule has 1 N–H and O–H groups in total. The lowest BCUT2D eigenvalue weighted by Crippen LogP contribution is -2.45. The molecule has 1 aliphatic rings. The third-order valence-electron chi connectivity index (χ3n) is 3.59. The van der Waals surface area contributed by atoms with Crippen LogP contribution < -0.4 is 5.32 Å². The van der Waals surface area contributed by atoms with Crippen LogP contribution in [0, 0.1) is 5.92 Å². The van der Waals surface area contributed by atoms with Gasteiger partial charge in [-0.05, 0) is 45.2 Å². The zero-order chi connectivity index (χ0) is 13.8. The second-order valence-electron chi connectivity index (χ2n) is 6.63. The Kier molecular flexibility index (Phi) is 5.83. The van der Waals surface area contributed by atoms with Crippen molar-refractivity contribution in [3.8, 4) is 0 Å². The van der Waals surface area contributed by atoms with Crippen molar-refractivity contribution in [2.45, 2.75) is 45.8 Å². The minimum atomic E-state index is 0.161. The van der Waals surface area contributed by atoms with Gasteiger partial charge in [0.15, 0.2) is 0 Å². The van der Waals surface area contributed by atoms with Crippen LogP contribution in [-0.4, -0.2) is 49.8 Å². The average molecular weight is 254 g/mol. The molecule has 3 heteroatoms. The van der Waals surface area contributed by atoms with Gasteiger partial charge in [0, 0.05) is 32.3 Å². The molecule has 1 aliphatic heterocycles. The maximum Gasteiger partial charge on any atom is 0.0724 e. The molecule has 0 aliphatic carbocycles. The second kappa shape index (κ2) is 6.69. The van der Waals surface area contributed by atoms with Crippen molar-refractivity contribution in [1.29, 1.82) is 0 Å². The minimum Gasteiger partial charge on any atom is -0.380 e. The molecule has 0 spiro atoms. The lowest BCUT2D eigenvalue weighted by molar-refractivity contribution is -0.00213. The van der Waals surface area contributed by atoms with E-state index >= 15 is 0 Å². The zero-order valence-electron chi connectivity index (χ0n) is 12.8. The largest absolute Gasteiger partial charge is 0.380 e. The molecule has 18 heavy (non-hydrogen) atoms. The van der Waals surface area contributed by atoms with Crippen molar-refractivity contribution in [3.63, 3.8) is 0 Å². The normalized spacial score (nSPS) is 26.3. The topological polar surface area (TPSA) is 24.5 Å². The maximum atomic E-state index is 5.54. The smallest absolute Gasteiger partial charge is 0.0724 e. The summed E-state index contributed by atoms with van der Waals surface area (Å²) in [6.07, 6.45) is 1.60. The Bertz CT molecular complexity index is 270. The van der Waals surface area contributed by atoms with Crippen LogP contribution in [-0.2, 0) is 4.74 Å². The van der Waals surface area contributed by atoms with Crippen LogP contribution in [0.5, 0.6) is 0 Å². The van der Waals surface area contributed by atoms with Gasteiger partial charge in [0.1, 0.15) is 0 Å². The Labute approximate surface area is 113 Å². The SMILES string of the molecule is C=C(CNC(C)(C)C)CN1CCC(C)C(OC)C1. The molecular formula is C15H30N2O. The van der Waals surface area contributed by atoms with Crippen LogP contribution in [0.4, 0.5) is 0 Å². The monoisotopic (exact) mass is 254 g/mol. The quantitative estimate of drug-likeness (QED) is 0.762. The summed E-state index contributed by atoms with van der Waals surface area (Å²) in [6, 6.07) is 0. The van der Waals surface area contributed by atoms with Gasteiger partial charge in [0.05, 0.1) is 6.10 Å². The van der Waals surface area contributed by atoms with Gasteiger partial charge in [-0.1, -0.05) is 13.5 Å². The van der Waals surface area contributed by atoms with E-state index in [1.165, 1.54) is 12.0 Å². The zero-order valence-corrected chi connectivity index (χ0v) is 12.8. The number of rotatable bonds is 5. The van der Waals surface area contributed by atoms with Crippen LogP contribution in [0.25, 0.3) is 0 Å². The third-order valence-corrected chi connectivity index (χ3v) is 3.59. The summed E-state index contributed by atoms with van der Waals surface area (Å²) in [7, 11) is 1.82. The van der Waals surface area contributed by atoms with E-state index in [-0.39, 0.29) is 5.54 Å². The van der Waals surface area contributed by atoms with E-state index < -0.39 is 0 Å². The van der Waals surface area contributed by atoms with Gasteiger partial charge < -0.3 is 10.1 Å². The Morgan fingerprint density at radius 2 is 2.11 bits per heavy atom. The summed E-state index contributed by atoms with van der Waals surface area (Å²) in [5.74, 6) is 0.673. The van der Waals surface area contributed by atoms with Gasteiger partial charge in [-0.3, -0.25) is 4.90 Å². The van der Waals surface area contributed by atoms with Crippen LogP contribution in [0.2, 0.25) is 0 Å². The number of nitrogens with one attached hydrogen (secondary N) is 1. The van der Waals surface area contributed by atoms with E-state index in [9.17, 15) is 0 Å². The first-order chi connectivity index (χ1) is 8.31.